The van der Waals surface area contributed by atoms with Gasteiger partial charge < -0.3 is 20.8 Å². The fourth-order valence-corrected chi connectivity index (χ4v) is 2.29. The molecule has 1 unspecified atom stereocenters. The molecule has 126 valence electrons. The summed E-state index contributed by atoms with van der Waals surface area (Å²) in [6, 6.07) is 4.33. The zero-order valence-corrected chi connectivity index (χ0v) is 13.4. The van der Waals surface area contributed by atoms with E-state index in [2.05, 4.69) is 10.6 Å². The lowest BCUT2D eigenvalue weighted by Gasteiger charge is -2.15. The summed E-state index contributed by atoms with van der Waals surface area (Å²) in [7, 11) is -3.77. The first-order valence-electron chi connectivity index (χ1n) is 6.20. The summed E-state index contributed by atoms with van der Waals surface area (Å²) in [5.74, 6) is -2.61. The van der Waals surface area contributed by atoms with Crippen molar-refractivity contribution >= 4 is 39.3 Å². The van der Waals surface area contributed by atoms with Gasteiger partial charge in [-0.15, -0.1) is 0 Å². The zero-order valence-electron chi connectivity index (χ0n) is 11.7. The SMILES string of the molecule is NS(=O)(=O)c1ccc(CNC(=S)NC(CC(=O)O)C(=O)O)cc1. The number of carboxylic acid groups (broad SMARTS) is 2. The molecule has 0 fully saturated rings. The van der Waals surface area contributed by atoms with Crippen molar-refractivity contribution in [1.29, 1.82) is 0 Å². The number of rotatable bonds is 7. The minimum Gasteiger partial charge on any atom is -0.481 e. The van der Waals surface area contributed by atoms with Crippen LogP contribution in [0, 0.1) is 0 Å². The minimum absolute atomic E-state index is 0.0330. The number of nitrogens with one attached hydrogen (secondary N) is 2. The van der Waals surface area contributed by atoms with E-state index in [9.17, 15) is 18.0 Å². The number of hydrogen-bond acceptors (Lipinski definition) is 5. The van der Waals surface area contributed by atoms with Crippen LogP contribution in [0.1, 0.15) is 12.0 Å². The van der Waals surface area contributed by atoms with Crippen molar-refractivity contribution in [3.63, 3.8) is 0 Å². The highest BCUT2D eigenvalue weighted by atomic mass is 32.2. The molecule has 0 aliphatic carbocycles. The van der Waals surface area contributed by atoms with Crippen LogP contribution in [-0.4, -0.2) is 41.7 Å². The quantitative estimate of drug-likeness (QED) is 0.393. The van der Waals surface area contributed by atoms with E-state index in [1.165, 1.54) is 24.3 Å². The molecule has 0 spiro atoms. The highest BCUT2D eigenvalue weighted by Crippen LogP contribution is 2.08. The van der Waals surface area contributed by atoms with Crippen molar-refractivity contribution < 1.29 is 28.2 Å². The van der Waals surface area contributed by atoms with Crippen LogP contribution >= 0.6 is 12.2 Å². The third kappa shape index (κ3) is 6.59. The number of benzene rings is 1. The Bertz CT molecular complexity index is 702. The molecule has 0 heterocycles. The fraction of sp³-hybridized carbons (Fsp3) is 0.250. The van der Waals surface area contributed by atoms with Crippen molar-refractivity contribution in [2.24, 2.45) is 5.14 Å². The summed E-state index contributed by atoms with van der Waals surface area (Å²) in [5, 5.41) is 27.5. The predicted octanol–water partition coefficient (Wildman–Crippen LogP) is -0.774. The van der Waals surface area contributed by atoms with Crippen LogP contribution in [0.5, 0.6) is 0 Å². The van der Waals surface area contributed by atoms with E-state index in [1.807, 2.05) is 0 Å². The van der Waals surface area contributed by atoms with Crippen LogP contribution in [0.15, 0.2) is 29.2 Å². The van der Waals surface area contributed by atoms with Gasteiger partial charge in [-0.25, -0.2) is 18.4 Å². The van der Waals surface area contributed by atoms with Gasteiger partial charge >= 0.3 is 11.9 Å². The van der Waals surface area contributed by atoms with Gasteiger partial charge in [-0.05, 0) is 29.9 Å². The van der Waals surface area contributed by atoms with Crippen LogP contribution in [0.4, 0.5) is 0 Å². The molecule has 1 aromatic rings. The average Bonchev–Trinajstić information content (AvgIpc) is 2.43. The molecule has 0 bridgehead atoms. The van der Waals surface area contributed by atoms with E-state index in [1.54, 1.807) is 0 Å². The first kappa shape index (κ1) is 18.8. The largest absolute Gasteiger partial charge is 0.481 e. The second kappa shape index (κ2) is 7.85. The molecule has 11 heteroatoms. The smallest absolute Gasteiger partial charge is 0.326 e. The summed E-state index contributed by atoms with van der Waals surface area (Å²) in [6.45, 7) is 0.191. The summed E-state index contributed by atoms with van der Waals surface area (Å²) >= 11 is 4.89. The number of nitrogens with two attached hydrogens (primary N) is 1. The molecule has 0 saturated heterocycles. The second-order valence-electron chi connectivity index (χ2n) is 4.50. The molecule has 1 aromatic carbocycles. The average molecular weight is 361 g/mol. The lowest BCUT2D eigenvalue weighted by Crippen LogP contribution is -2.46. The molecule has 1 rings (SSSR count). The Morgan fingerprint density at radius 1 is 1.22 bits per heavy atom. The van der Waals surface area contributed by atoms with Gasteiger partial charge in [0.05, 0.1) is 11.3 Å². The van der Waals surface area contributed by atoms with E-state index in [4.69, 9.17) is 27.6 Å². The normalized spacial score (nSPS) is 12.2. The maximum Gasteiger partial charge on any atom is 0.326 e. The number of carbonyl (C=O) groups is 2. The third-order valence-corrected chi connectivity index (χ3v) is 3.88. The van der Waals surface area contributed by atoms with E-state index in [-0.39, 0.29) is 16.6 Å². The summed E-state index contributed by atoms with van der Waals surface area (Å²) < 4.78 is 22.2. The van der Waals surface area contributed by atoms with E-state index in [0.29, 0.717) is 5.56 Å². The molecule has 0 saturated carbocycles. The van der Waals surface area contributed by atoms with Gasteiger partial charge in [-0.1, -0.05) is 12.1 Å². The molecule has 0 amide bonds. The van der Waals surface area contributed by atoms with Crippen molar-refractivity contribution in [2.75, 3.05) is 0 Å². The van der Waals surface area contributed by atoms with Crippen molar-refractivity contribution in [3.8, 4) is 0 Å². The lowest BCUT2D eigenvalue weighted by molar-refractivity contribution is -0.145. The number of primary sulfonamides is 1. The molecule has 0 aliphatic heterocycles. The van der Waals surface area contributed by atoms with Gasteiger partial charge in [0.1, 0.15) is 6.04 Å². The van der Waals surface area contributed by atoms with Gasteiger partial charge in [0.15, 0.2) is 5.11 Å². The summed E-state index contributed by atoms with van der Waals surface area (Å²) in [6.07, 6.45) is -0.625. The van der Waals surface area contributed by atoms with Crippen molar-refractivity contribution in [1.82, 2.24) is 10.6 Å². The predicted molar refractivity (Wildman–Crippen MR) is 84.1 cm³/mol. The molecule has 0 aliphatic rings. The van der Waals surface area contributed by atoms with Crippen LogP contribution in [0.3, 0.4) is 0 Å². The van der Waals surface area contributed by atoms with E-state index < -0.39 is 34.4 Å². The van der Waals surface area contributed by atoms with Crippen molar-refractivity contribution in [3.05, 3.63) is 29.8 Å². The Balaban J connectivity index is 2.58. The first-order chi connectivity index (χ1) is 10.6. The molecule has 0 radical (unpaired) electrons. The lowest BCUT2D eigenvalue weighted by atomic mass is 10.2. The minimum atomic E-state index is -3.77. The third-order valence-electron chi connectivity index (χ3n) is 2.69. The number of thiocarbonyl (C=S) groups is 1. The Hall–Kier alpha value is -2.24. The van der Waals surface area contributed by atoms with Gasteiger partial charge in [0.25, 0.3) is 0 Å². The van der Waals surface area contributed by atoms with Gasteiger partial charge in [-0.3, -0.25) is 4.79 Å². The number of aliphatic carboxylic acids is 2. The summed E-state index contributed by atoms with van der Waals surface area (Å²) in [4.78, 5) is 21.4. The van der Waals surface area contributed by atoms with Crippen molar-refractivity contribution in [2.45, 2.75) is 23.9 Å². The Labute approximate surface area is 137 Å². The highest BCUT2D eigenvalue weighted by Gasteiger charge is 2.21. The molecule has 23 heavy (non-hydrogen) atoms. The maximum atomic E-state index is 11.1. The standard InChI is InChI=1S/C12H15N3O6S2/c13-23(20,21)8-3-1-7(2-4-8)6-14-12(22)15-9(11(18)19)5-10(16)17/h1-4,9H,5-6H2,(H,16,17)(H,18,19)(H2,13,20,21)(H2,14,15,22). The monoisotopic (exact) mass is 361 g/mol. The first-order valence-corrected chi connectivity index (χ1v) is 8.15. The van der Waals surface area contributed by atoms with E-state index >= 15 is 0 Å². The number of carboxylic acids is 2. The van der Waals surface area contributed by atoms with Gasteiger partial charge in [-0.2, -0.15) is 0 Å². The maximum absolute atomic E-state index is 11.1. The van der Waals surface area contributed by atoms with Crippen LogP contribution in [0.25, 0.3) is 0 Å². The Morgan fingerprint density at radius 2 is 1.78 bits per heavy atom. The molecule has 9 nitrogen and oxygen atoms in total. The number of sulfonamides is 1. The molecule has 0 aromatic heterocycles. The summed E-state index contributed by atoms with van der Waals surface area (Å²) in [5.41, 5.74) is 0.673. The van der Waals surface area contributed by atoms with Crippen LogP contribution in [0.2, 0.25) is 0 Å². The molecular formula is C12H15N3O6S2. The highest BCUT2D eigenvalue weighted by molar-refractivity contribution is 7.89. The second-order valence-corrected chi connectivity index (χ2v) is 6.47. The van der Waals surface area contributed by atoms with Gasteiger partial charge in [0.2, 0.25) is 10.0 Å². The Kier molecular flexibility index (Phi) is 6.42. The van der Waals surface area contributed by atoms with E-state index in [0.717, 1.165) is 0 Å². The van der Waals surface area contributed by atoms with Crippen LogP contribution in [-0.2, 0) is 26.2 Å². The fourth-order valence-electron chi connectivity index (χ4n) is 1.56. The number of hydrogen-bond donors (Lipinski definition) is 5. The Morgan fingerprint density at radius 3 is 2.22 bits per heavy atom. The zero-order chi connectivity index (χ0) is 17.6. The van der Waals surface area contributed by atoms with Gasteiger partial charge in [0, 0.05) is 6.54 Å². The molecular weight excluding hydrogens is 346 g/mol. The molecule has 6 N–H and O–H groups in total. The molecule has 1 atom stereocenters. The topological polar surface area (TPSA) is 159 Å². The van der Waals surface area contributed by atoms with Crippen LogP contribution < -0.4 is 15.8 Å².